The smallest absolute Gasteiger partial charge is 0.261 e. The van der Waals surface area contributed by atoms with Gasteiger partial charge >= 0.3 is 0 Å². The summed E-state index contributed by atoms with van der Waals surface area (Å²) in [5.41, 5.74) is 0. The highest BCUT2D eigenvalue weighted by Crippen LogP contribution is 2.34. The molecule has 1 saturated carbocycles. The van der Waals surface area contributed by atoms with Gasteiger partial charge in [-0.3, -0.25) is 9.69 Å². The maximum Gasteiger partial charge on any atom is 0.261 e. The summed E-state index contributed by atoms with van der Waals surface area (Å²) in [6.45, 7) is 9.54. The van der Waals surface area contributed by atoms with Gasteiger partial charge in [0.25, 0.3) is 5.91 Å². The maximum absolute atomic E-state index is 12.5. The number of rotatable bonds is 6. The normalized spacial score (nSPS) is 20.2. The Balaban J connectivity index is 1.27. The first kappa shape index (κ1) is 18.0. The number of aromatic nitrogens is 1. The second-order valence-corrected chi connectivity index (χ2v) is 8.69. The zero-order valence-electron chi connectivity index (χ0n) is 15.7. The second-order valence-electron chi connectivity index (χ2n) is 7.61. The monoisotopic (exact) mass is 374 g/mol. The van der Waals surface area contributed by atoms with Crippen LogP contribution < -0.4 is 5.32 Å². The van der Waals surface area contributed by atoms with Gasteiger partial charge in [-0.05, 0) is 25.5 Å². The van der Waals surface area contributed by atoms with Crippen LogP contribution in [0.5, 0.6) is 0 Å². The van der Waals surface area contributed by atoms with Crippen LogP contribution in [0.1, 0.15) is 48.3 Å². The van der Waals surface area contributed by atoms with Crippen LogP contribution in [0.25, 0.3) is 10.1 Å². The van der Waals surface area contributed by atoms with Crippen molar-refractivity contribution in [2.24, 2.45) is 0 Å². The molecular weight excluding hydrogens is 344 g/mol. The molecule has 2 aromatic rings. The van der Waals surface area contributed by atoms with Crippen LogP contribution in [0.3, 0.4) is 0 Å². The van der Waals surface area contributed by atoms with Crippen LogP contribution >= 0.6 is 11.3 Å². The first-order chi connectivity index (χ1) is 12.7. The van der Waals surface area contributed by atoms with Crippen LogP contribution in [-0.2, 0) is 0 Å². The Morgan fingerprint density at radius 1 is 1.15 bits per heavy atom. The van der Waals surface area contributed by atoms with Gasteiger partial charge in [0.15, 0.2) is 0 Å². The minimum Gasteiger partial charge on any atom is -0.350 e. The molecule has 0 aromatic carbocycles. The summed E-state index contributed by atoms with van der Waals surface area (Å²) in [5.74, 6) is 0.0748. The lowest BCUT2D eigenvalue weighted by Gasteiger charge is -2.33. The second kappa shape index (κ2) is 8.11. The SMILES string of the molecule is CCN1CCN(CCNC(=O)c2cc3cn(C4CCCC4)cc3s2)CC1. The fraction of sp³-hybridized carbons (Fsp3) is 0.650. The van der Waals surface area contributed by atoms with E-state index < -0.39 is 0 Å². The number of nitrogens with one attached hydrogen (secondary N) is 1. The van der Waals surface area contributed by atoms with E-state index >= 15 is 0 Å². The van der Waals surface area contributed by atoms with E-state index in [0.717, 1.165) is 50.7 Å². The molecule has 142 valence electrons. The van der Waals surface area contributed by atoms with Crippen molar-refractivity contribution in [3.8, 4) is 0 Å². The topological polar surface area (TPSA) is 40.5 Å². The van der Waals surface area contributed by atoms with E-state index in [0.29, 0.717) is 6.04 Å². The first-order valence-corrected chi connectivity index (χ1v) is 10.9. The van der Waals surface area contributed by atoms with E-state index in [4.69, 9.17) is 0 Å². The van der Waals surface area contributed by atoms with Gasteiger partial charge in [-0.15, -0.1) is 11.3 Å². The number of carbonyl (C=O) groups excluding carboxylic acids is 1. The van der Waals surface area contributed by atoms with Gasteiger partial charge in [-0.1, -0.05) is 19.8 Å². The van der Waals surface area contributed by atoms with Crippen molar-refractivity contribution in [3.05, 3.63) is 23.3 Å². The average molecular weight is 375 g/mol. The van der Waals surface area contributed by atoms with Gasteiger partial charge in [0, 0.05) is 63.1 Å². The van der Waals surface area contributed by atoms with Crippen LogP contribution in [0.2, 0.25) is 0 Å². The highest BCUT2D eigenvalue weighted by molar-refractivity contribution is 7.20. The molecule has 0 radical (unpaired) electrons. The number of likely N-dealkylation sites (N-methyl/N-ethyl adjacent to an activating group) is 1. The number of nitrogens with zero attached hydrogens (tertiary/aromatic N) is 3. The van der Waals surface area contributed by atoms with E-state index in [-0.39, 0.29) is 5.91 Å². The first-order valence-electron chi connectivity index (χ1n) is 10.1. The Labute approximate surface area is 160 Å². The molecular formula is C20H30N4OS. The lowest BCUT2D eigenvalue weighted by atomic mass is 10.2. The molecule has 2 aromatic heterocycles. The minimum atomic E-state index is 0.0748. The molecule has 4 rings (SSSR count). The Morgan fingerprint density at radius 2 is 1.88 bits per heavy atom. The minimum absolute atomic E-state index is 0.0748. The van der Waals surface area contributed by atoms with Crippen molar-refractivity contribution < 1.29 is 4.79 Å². The largest absolute Gasteiger partial charge is 0.350 e. The summed E-state index contributed by atoms with van der Waals surface area (Å²) in [7, 11) is 0. The number of fused-ring (bicyclic) bond motifs is 1. The molecule has 26 heavy (non-hydrogen) atoms. The van der Waals surface area contributed by atoms with E-state index in [1.165, 1.54) is 35.8 Å². The lowest BCUT2D eigenvalue weighted by molar-refractivity contribution is 0.0942. The molecule has 0 unspecified atom stereocenters. The van der Waals surface area contributed by atoms with Crippen molar-refractivity contribution in [3.63, 3.8) is 0 Å². The summed E-state index contributed by atoms with van der Waals surface area (Å²) < 4.78 is 3.60. The van der Waals surface area contributed by atoms with E-state index in [2.05, 4.69) is 45.1 Å². The van der Waals surface area contributed by atoms with Gasteiger partial charge in [0.2, 0.25) is 0 Å². The Kier molecular flexibility index (Phi) is 5.62. The third kappa shape index (κ3) is 3.97. The summed E-state index contributed by atoms with van der Waals surface area (Å²) in [6, 6.07) is 2.72. The Bertz CT molecular complexity index is 707. The number of amides is 1. The van der Waals surface area contributed by atoms with Gasteiger partial charge in [-0.25, -0.2) is 0 Å². The van der Waals surface area contributed by atoms with Crippen molar-refractivity contribution in [2.75, 3.05) is 45.8 Å². The summed E-state index contributed by atoms with van der Waals surface area (Å²) in [4.78, 5) is 18.2. The highest BCUT2D eigenvalue weighted by atomic mass is 32.1. The van der Waals surface area contributed by atoms with E-state index in [9.17, 15) is 4.79 Å². The standard InChI is InChI=1S/C20H30N4OS/c1-2-22-9-11-23(12-10-22)8-7-21-20(25)18-13-16-14-24(15-19(16)26-18)17-5-3-4-6-17/h13-15,17H,2-12H2,1H3,(H,21,25). The molecule has 1 N–H and O–H groups in total. The zero-order chi connectivity index (χ0) is 17.9. The van der Waals surface area contributed by atoms with Gasteiger partial charge in [0.1, 0.15) is 0 Å². The molecule has 2 fully saturated rings. The van der Waals surface area contributed by atoms with Gasteiger partial charge in [-0.2, -0.15) is 0 Å². The molecule has 0 spiro atoms. The molecule has 1 aliphatic carbocycles. The molecule has 2 aliphatic rings. The van der Waals surface area contributed by atoms with E-state index in [1.54, 1.807) is 11.3 Å². The molecule has 5 nitrogen and oxygen atoms in total. The quantitative estimate of drug-likeness (QED) is 0.844. The molecule has 3 heterocycles. The predicted molar refractivity (Wildman–Crippen MR) is 108 cm³/mol. The highest BCUT2D eigenvalue weighted by Gasteiger charge is 2.19. The van der Waals surface area contributed by atoms with Gasteiger partial charge in [0.05, 0.1) is 9.58 Å². The lowest BCUT2D eigenvalue weighted by Crippen LogP contribution is -2.48. The molecule has 6 heteroatoms. The number of thiophene rings is 1. The molecule has 0 bridgehead atoms. The van der Waals surface area contributed by atoms with Crippen LogP contribution in [0.4, 0.5) is 0 Å². The van der Waals surface area contributed by atoms with Crippen LogP contribution in [0, 0.1) is 0 Å². The average Bonchev–Trinajstić information content (AvgIpc) is 3.37. The third-order valence-corrected chi connectivity index (χ3v) is 7.03. The summed E-state index contributed by atoms with van der Waals surface area (Å²) >= 11 is 1.62. The molecule has 1 aliphatic heterocycles. The molecule has 0 atom stereocenters. The fourth-order valence-corrected chi connectivity index (χ4v) is 5.21. The van der Waals surface area contributed by atoms with Crippen molar-refractivity contribution in [2.45, 2.75) is 38.6 Å². The van der Waals surface area contributed by atoms with Crippen molar-refractivity contribution >= 4 is 27.3 Å². The van der Waals surface area contributed by atoms with E-state index in [1.807, 2.05) is 0 Å². The van der Waals surface area contributed by atoms with Crippen LogP contribution in [0.15, 0.2) is 18.5 Å². The maximum atomic E-state index is 12.5. The number of carbonyl (C=O) groups is 1. The summed E-state index contributed by atoms with van der Waals surface area (Å²) in [5, 5.41) is 4.31. The summed E-state index contributed by atoms with van der Waals surface area (Å²) in [6.07, 6.45) is 9.74. The molecule has 1 saturated heterocycles. The molecule has 1 amide bonds. The Hall–Kier alpha value is -1.37. The predicted octanol–water partition coefficient (Wildman–Crippen LogP) is 3.19. The fourth-order valence-electron chi connectivity index (χ4n) is 4.22. The van der Waals surface area contributed by atoms with Crippen molar-refractivity contribution in [1.82, 2.24) is 19.7 Å². The number of piperazine rings is 1. The van der Waals surface area contributed by atoms with Crippen LogP contribution in [-0.4, -0.2) is 66.1 Å². The third-order valence-electron chi connectivity index (χ3n) is 5.94. The number of hydrogen-bond donors (Lipinski definition) is 1. The number of hydrogen-bond acceptors (Lipinski definition) is 4. The Morgan fingerprint density at radius 3 is 2.58 bits per heavy atom. The zero-order valence-corrected chi connectivity index (χ0v) is 16.6. The van der Waals surface area contributed by atoms with Gasteiger partial charge < -0.3 is 14.8 Å². The van der Waals surface area contributed by atoms with Crippen molar-refractivity contribution in [1.29, 1.82) is 0 Å².